The number of benzene rings is 1. The van der Waals surface area contributed by atoms with E-state index in [2.05, 4.69) is 10.3 Å². The first-order valence-corrected chi connectivity index (χ1v) is 8.51. The lowest BCUT2D eigenvalue weighted by atomic mass is 10.1. The van der Waals surface area contributed by atoms with E-state index in [1.165, 1.54) is 0 Å². The number of anilines is 1. The first-order valence-electron chi connectivity index (χ1n) is 8.51. The van der Waals surface area contributed by atoms with Gasteiger partial charge in [-0.25, -0.2) is 4.98 Å². The van der Waals surface area contributed by atoms with Gasteiger partial charge < -0.3 is 10.2 Å². The molecule has 1 fully saturated rings. The molecule has 2 heterocycles. The zero-order valence-corrected chi connectivity index (χ0v) is 14.1. The third-order valence-electron chi connectivity index (χ3n) is 4.39. The molecule has 0 bridgehead atoms. The maximum atomic E-state index is 12.7. The van der Waals surface area contributed by atoms with Gasteiger partial charge in [0.1, 0.15) is 5.82 Å². The van der Waals surface area contributed by atoms with Crippen LogP contribution in [0.2, 0.25) is 0 Å². The molecule has 5 nitrogen and oxygen atoms in total. The van der Waals surface area contributed by atoms with E-state index in [-0.39, 0.29) is 5.91 Å². The Hall–Kier alpha value is -2.95. The van der Waals surface area contributed by atoms with Gasteiger partial charge in [0, 0.05) is 37.4 Å². The minimum Gasteiger partial charge on any atom is -0.355 e. The van der Waals surface area contributed by atoms with Crippen LogP contribution in [0.3, 0.4) is 0 Å². The molecule has 1 N–H and O–H groups in total. The summed E-state index contributed by atoms with van der Waals surface area (Å²) in [6.07, 6.45) is 5.75. The molecule has 1 aliphatic rings. The van der Waals surface area contributed by atoms with Crippen LogP contribution in [0.15, 0.2) is 54.9 Å². The standard InChI is InChI=1S/C20H20N4O/c1-24(13-14-5-4-10-21-12-14)19-11-17(20(25)22-15-8-9-15)16-6-2-3-7-18(16)23-19/h2-7,10-12,15H,8-9,13H2,1H3,(H,22,25). The van der Waals surface area contributed by atoms with Crippen molar-refractivity contribution in [1.29, 1.82) is 0 Å². The van der Waals surface area contributed by atoms with Crippen LogP contribution >= 0.6 is 0 Å². The number of nitrogens with one attached hydrogen (secondary N) is 1. The molecule has 2 aromatic heterocycles. The van der Waals surface area contributed by atoms with Crippen molar-refractivity contribution in [2.45, 2.75) is 25.4 Å². The van der Waals surface area contributed by atoms with Crippen molar-refractivity contribution in [3.8, 4) is 0 Å². The quantitative estimate of drug-likeness (QED) is 0.780. The van der Waals surface area contributed by atoms with Crippen LogP contribution in [-0.4, -0.2) is 29.0 Å². The summed E-state index contributed by atoms with van der Waals surface area (Å²) in [5.41, 5.74) is 2.62. The molecular formula is C20H20N4O. The lowest BCUT2D eigenvalue weighted by Crippen LogP contribution is -2.26. The monoisotopic (exact) mass is 332 g/mol. The number of nitrogens with zero attached hydrogens (tertiary/aromatic N) is 3. The molecule has 1 saturated carbocycles. The average molecular weight is 332 g/mol. The van der Waals surface area contributed by atoms with Gasteiger partial charge in [0.2, 0.25) is 0 Å². The number of para-hydroxylation sites is 1. The van der Waals surface area contributed by atoms with Crippen molar-refractivity contribution >= 4 is 22.6 Å². The van der Waals surface area contributed by atoms with Gasteiger partial charge in [-0.1, -0.05) is 24.3 Å². The highest BCUT2D eigenvalue weighted by Crippen LogP contribution is 2.25. The molecule has 0 aliphatic heterocycles. The molecule has 126 valence electrons. The first kappa shape index (κ1) is 15.6. The van der Waals surface area contributed by atoms with Gasteiger partial charge >= 0.3 is 0 Å². The van der Waals surface area contributed by atoms with Gasteiger partial charge in [-0.3, -0.25) is 9.78 Å². The van der Waals surface area contributed by atoms with E-state index in [1.54, 1.807) is 6.20 Å². The predicted molar refractivity (Wildman–Crippen MR) is 98.6 cm³/mol. The number of amides is 1. The van der Waals surface area contributed by atoms with Crippen LogP contribution in [-0.2, 0) is 6.54 Å². The number of hydrogen-bond acceptors (Lipinski definition) is 4. The van der Waals surface area contributed by atoms with Gasteiger partial charge in [0.05, 0.1) is 11.1 Å². The molecule has 0 unspecified atom stereocenters. The highest BCUT2D eigenvalue weighted by atomic mass is 16.1. The molecular weight excluding hydrogens is 312 g/mol. The normalized spacial score (nSPS) is 13.6. The summed E-state index contributed by atoms with van der Waals surface area (Å²) in [6, 6.07) is 14.0. The Labute approximate surface area is 146 Å². The summed E-state index contributed by atoms with van der Waals surface area (Å²) >= 11 is 0. The number of fused-ring (bicyclic) bond motifs is 1. The van der Waals surface area contributed by atoms with Crippen LogP contribution in [0.1, 0.15) is 28.8 Å². The Morgan fingerprint density at radius 2 is 2.08 bits per heavy atom. The second-order valence-electron chi connectivity index (χ2n) is 6.51. The summed E-state index contributed by atoms with van der Waals surface area (Å²) in [4.78, 5) is 23.6. The largest absolute Gasteiger partial charge is 0.355 e. The van der Waals surface area contributed by atoms with E-state index < -0.39 is 0 Å². The molecule has 5 heteroatoms. The Bertz CT molecular complexity index is 906. The van der Waals surface area contributed by atoms with Gasteiger partial charge in [-0.05, 0) is 36.6 Å². The maximum absolute atomic E-state index is 12.7. The van der Waals surface area contributed by atoms with Crippen molar-refractivity contribution < 1.29 is 4.79 Å². The van der Waals surface area contributed by atoms with E-state index in [0.717, 1.165) is 35.1 Å². The summed E-state index contributed by atoms with van der Waals surface area (Å²) < 4.78 is 0. The minimum atomic E-state index is -0.0165. The molecule has 0 radical (unpaired) electrons. The Morgan fingerprint density at radius 1 is 1.24 bits per heavy atom. The molecule has 1 aliphatic carbocycles. The average Bonchev–Trinajstić information content (AvgIpc) is 3.45. The van der Waals surface area contributed by atoms with Crippen molar-refractivity contribution in [1.82, 2.24) is 15.3 Å². The van der Waals surface area contributed by atoms with Crippen molar-refractivity contribution in [2.75, 3.05) is 11.9 Å². The molecule has 25 heavy (non-hydrogen) atoms. The molecule has 0 spiro atoms. The molecule has 4 rings (SSSR count). The number of aromatic nitrogens is 2. The lowest BCUT2D eigenvalue weighted by molar-refractivity contribution is 0.0952. The van der Waals surface area contributed by atoms with Crippen LogP contribution in [0.4, 0.5) is 5.82 Å². The highest BCUT2D eigenvalue weighted by molar-refractivity contribution is 6.07. The Balaban J connectivity index is 1.69. The van der Waals surface area contributed by atoms with Crippen molar-refractivity contribution in [2.24, 2.45) is 0 Å². The fourth-order valence-corrected chi connectivity index (χ4v) is 2.88. The zero-order chi connectivity index (χ0) is 17.2. The van der Waals surface area contributed by atoms with E-state index in [4.69, 9.17) is 4.98 Å². The van der Waals surface area contributed by atoms with Crippen LogP contribution in [0, 0.1) is 0 Å². The van der Waals surface area contributed by atoms with Crippen LogP contribution < -0.4 is 10.2 Å². The summed E-state index contributed by atoms with van der Waals surface area (Å²) in [6.45, 7) is 0.683. The molecule has 1 amide bonds. The third kappa shape index (κ3) is 3.45. The maximum Gasteiger partial charge on any atom is 0.252 e. The van der Waals surface area contributed by atoms with E-state index >= 15 is 0 Å². The van der Waals surface area contributed by atoms with Crippen molar-refractivity contribution in [3.05, 3.63) is 66.0 Å². The van der Waals surface area contributed by atoms with Gasteiger partial charge in [-0.2, -0.15) is 0 Å². The van der Waals surface area contributed by atoms with E-state index in [9.17, 15) is 4.79 Å². The van der Waals surface area contributed by atoms with Crippen LogP contribution in [0.5, 0.6) is 0 Å². The molecule has 0 saturated heterocycles. The number of rotatable bonds is 5. The van der Waals surface area contributed by atoms with E-state index in [0.29, 0.717) is 18.2 Å². The first-order chi connectivity index (χ1) is 12.2. The topological polar surface area (TPSA) is 58.1 Å². The smallest absolute Gasteiger partial charge is 0.252 e. The Kier molecular flexibility index (Phi) is 4.06. The minimum absolute atomic E-state index is 0.0165. The third-order valence-corrected chi connectivity index (χ3v) is 4.39. The second kappa shape index (κ2) is 6.51. The highest BCUT2D eigenvalue weighted by Gasteiger charge is 2.25. The molecule has 3 aromatic rings. The van der Waals surface area contributed by atoms with Gasteiger partial charge in [-0.15, -0.1) is 0 Å². The zero-order valence-electron chi connectivity index (χ0n) is 14.1. The predicted octanol–water partition coefficient (Wildman–Crippen LogP) is 3.16. The number of carbonyl (C=O) groups excluding carboxylic acids is 1. The van der Waals surface area contributed by atoms with Crippen LogP contribution in [0.25, 0.3) is 10.9 Å². The summed E-state index contributed by atoms with van der Waals surface area (Å²) in [5, 5.41) is 3.97. The SMILES string of the molecule is CN(Cc1cccnc1)c1cc(C(=O)NC2CC2)c2ccccc2n1. The number of hydrogen-bond donors (Lipinski definition) is 1. The molecule has 0 atom stereocenters. The van der Waals surface area contributed by atoms with Crippen molar-refractivity contribution in [3.63, 3.8) is 0 Å². The number of carbonyl (C=O) groups is 1. The second-order valence-corrected chi connectivity index (χ2v) is 6.51. The fourth-order valence-electron chi connectivity index (χ4n) is 2.88. The number of pyridine rings is 2. The van der Waals surface area contributed by atoms with E-state index in [1.807, 2.05) is 60.6 Å². The molecule has 1 aromatic carbocycles. The Morgan fingerprint density at radius 3 is 2.84 bits per heavy atom. The summed E-state index contributed by atoms with van der Waals surface area (Å²) in [5.74, 6) is 0.764. The summed E-state index contributed by atoms with van der Waals surface area (Å²) in [7, 11) is 1.98. The lowest BCUT2D eigenvalue weighted by Gasteiger charge is -2.20. The van der Waals surface area contributed by atoms with Gasteiger partial charge in [0.15, 0.2) is 0 Å². The fraction of sp³-hybridized carbons (Fsp3) is 0.250. The van der Waals surface area contributed by atoms with Gasteiger partial charge in [0.25, 0.3) is 5.91 Å².